The summed E-state index contributed by atoms with van der Waals surface area (Å²) in [6, 6.07) is 7.67. The molecule has 0 unspecified atom stereocenters. The van der Waals surface area contributed by atoms with E-state index >= 15 is 0 Å². The number of benzene rings is 1. The SMILES string of the molecule is O=[N+]([O-])c1cccc(Oc2ccncc2Br)c1. The van der Waals surface area contributed by atoms with Gasteiger partial charge >= 0.3 is 0 Å². The normalized spacial score (nSPS) is 9.94. The lowest BCUT2D eigenvalue weighted by Gasteiger charge is -2.06. The Morgan fingerprint density at radius 1 is 1.35 bits per heavy atom. The number of halogens is 1. The zero-order valence-electron chi connectivity index (χ0n) is 8.54. The molecule has 2 rings (SSSR count). The number of non-ortho nitro benzene ring substituents is 1. The Hall–Kier alpha value is -1.95. The van der Waals surface area contributed by atoms with Crippen molar-refractivity contribution < 1.29 is 9.66 Å². The third-order valence-electron chi connectivity index (χ3n) is 1.99. The van der Waals surface area contributed by atoms with Gasteiger partial charge in [0.05, 0.1) is 15.5 Å². The van der Waals surface area contributed by atoms with Crippen LogP contribution in [-0.4, -0.2) is 9.91 Å². The number of pyridine rings is 1. The van der Waals surface area contributed by atoms with Crippen LogP contribution in [0.4, 0.5) is 5.69 Å². The maximum Gasteiger partial charge on any atom is 0.273 e. The molecule has 2 aromatic rings. The molecule has 17 heavy (non-hydrogen) atoms. The molecular formula is C11H7BrN2O3. The van der Waals surface area contributed by atoms with Crippen LogP contribution in [0, 0.1) is 10.1 Å². The monoisotopic (exact) mass is 294 g/mol. The van der Waals surface area contributed by atoms with E-state index in [2.05, 4.69) is 20.9 Å². The fourth-order valence-electron chi connectivity index (χ4n) is 1.23. The highest BCUT2D eigenvalue weighted by Gasteiger charge is 2.08. The molecular weight excluding hydrogens is 288 g/mol. The number of ether oxygens (including phenoxy) is 1. The van der Waals surface area contributed by atoms with E-state index in [0.717, 1.165) is 0 Å². The molecule has 0 amide bonds. The highest BCUT2D eigenvalue weighted by Crippen LogP contribution is 2.29. The second kappa shape index (κ2) is 4.92. The summed E-state index contributed by atoms with van der Waals surface area (Å²) in [7, 11) is 0. The standard InChI is InChI=1S/C11H7BrN2O3/c12-10-7-13-5-4-11(10)17-9-3-1-2-8(6-9)14(15)16/h1-7H. The number of aromatic nitrogens is 1. The van der Waals surface area contributed by atoms with Gasteiger partial charge in [0.1, 0.15) is 11.5 Å². The average molecular weight is 295 g/mol. The molecule has 0 bridgehead atoms. The second-order valence-corrected chi connectivity index (χ2v) is 4.02. The minimum absolute atomic E-state index is 0.00678. The summed E-state index contributed by atoms with van der Waals surface area (Å²) in [5, 5.41) is 10.6. The van der Waals surface area contributed by atoms with Crippen molar-refractivity contribution in [3.63, 3.8) is 0 Å². The highest BCUT2D eigenvalue weighted by molar-refractivity contribution is 9.10. The molecule has 0 aliphatic rings. The molecule has 0 aliphatic carbocycles. The van der Waals surface area contributed by atoms with Crippen molar-refractivity contribution in [1.82, 2.24) is 4.98 Å². The first-order valence-electron chi connectivity index (χ1n) is 4.68. The number of nitro groups is 1. The predicted molar refractivity (Wildman–Crippen MR) is 65.1 cm³/mol. The molecule has 0 N–H and O–H groups in total. The Morgan fingerprint density at radius 3 is 2.88 bits per heavy atom. The summed E-state index contributed by atoms with van der Waals surface area (Å²) in [5.41, 5.74) is -0.00678. The van der Waals surface area contributed by atoms with E-state index in [1.54, 1.807) is 30.6 Å². The molecule has 1 heterocycles. The number of rotatable bonds is 3. The van der Waals surface area contributed by atoms with Crippen LogP contribution < -0.4 is 4.74 Å². The molecule has 86 valence electrons. The summed E-state index contributed by atoms with van der Waals surface area (Å²) in [4.78, 5) is 14.0. The van der Waals surface area contributed by atoms with E-state index in [1.807, 2.05) is 0 Å². The zero-order chi connectivity index (χ0) is 12.3. The first kappa shape index (κ1) is 11.5. The Morgan fingerprint density at radius 2 is 2.18 bits per heavy atom. The molecule has 0 spiro atoms. The first-order valence-corrected chi connectivity index (χ1v) is 5.48. The van der Waals surface area contributed by atoms with E-state index in [-0.39, 0.29) is 5.69 Å². The average Bonchev–Trinajstić information content (AvgIpc) is 2.32. The molecule has 0 radical (unpaired) electrons. The van der Waals surface area contributed by atoms with Crippen LogP contribution in [0.25, 0.3) is 0 Å². The van der Waals surface area contributed by atoms with E-state index in [9.17, 15) is 10.1 Å². The van der Waals surface area contributed by atoms with Crippen LogP contribution in [0.15, 0.2) is 47.2 Å². The first-order chi connectivity index (χ1) is 8.16. The van der Waals surface area contributed by atoms with Gasteiger partial charge in [0.15, 0.2) is 0 Å². The summed E-state index contributed by atoms with van der Waals surface area (Å²) in [6.07, 6.45) is 3.17. The molecule has 0 aliphatic heterocycles. The Balaban J connectivity index is 2.28. The Bertz CT molecular complexity index is 560. The van der Waals surface area contributed by atoms with E-state index in [4.69, 9.17) is 4.74 Å². The van der Waals surface area contributed by atoms with Crippen LogP contribution in [0.1, 0.15) is 0 Å². The predicted octanol–water partition coefficient (Wildman–Crippen LogP) is 3.54. The number of hydrogen-bond acceptors (Lipinski definition) is 4. The van der Waals surface area contributed by atoms with E-state index in [0.29, 0.717) is 16.0 Å². The highest BCUT2D eigenvalue weighted by atomic mass is 79.9. The smallest absolute Gasteiger partial charge is 0.273 e. The van der Waals surface area contributed by atoms with Crippen molar-refractivity contribution in [2.24, 2.45) is 0 Å². The van der Waals surface area contributed by atoms with Crippen molar-refractivity contribution in [1.29, 1.82) is 0 Å². The minimum Gasteiger partial charge on any atom is -0.456 e. The maximum atomic E-state index is 10.6. The largest absolute Gasteiger partial charge is 0.456 e. The molecule has 0 saturated carbocycles. The minimum atomic E-state index is -0.464. The van der Waals surface area contributed by atoms with Crippen LogP contribution in [0.3, 0.4) is 0 Å². The second-order valence-electron chi connectivity index (χ2n) is 3.16. The summed E-state index contributed by atoms with van der Waals surface area (Å²) in [5.74, 6) is 0.964. The maximum absolute atomic E-state index is 10.6. The van der Waals surface area contributed by atoms with Gasteiger partial charge in [-0.3, -0.25) is 15.1 Å². The molecule has 0 atom stereocenters. The molecule has 1 aromatic heterocycles. The van der Waals surface area contributed by atoms with Crippen molar-refractivity contribution >= 4 is 21.6 Å². The molecule has 6 heteroatoms. The summed E-state index contributed by atoms with van der Waals surface area (Å²) >= 11 is 3.28. The van der Waals surface area contributed by atoms with Crippen LogP contribution in [-0.2, 0) is 0 Å². The van der Waals surface area contributed by atoms with Crippen molar-refractivity contribution in [2.75, 3.05) is 0 Å². The lowest BCUT2D eigenvalue weighted by Crippen LogP contribution is -1.90. The lowest BCUT2D eigenvalue weighted by atomic mass is 10.3. The fourth-order valence-corrected chi connectivity index (χ4v) is 1.56. The summed E-state index contributed by atoms with van der Waals surface area (Å²) in [6.45, 7) is 0. The quantitative estimate of drug-likeness (QED) is 0.641. The number of nitro benzene ring substituents is 1. The third-order valence-corrected chi connectivity index (χ3v) is 2.59. The summed E-state index contributed by atoms with van der Waals surface area (Å²) < 4.78 is 6.20. The third kappa shape index (κ3) is 2.79. The zero-order valence-corrected chi connectivity index (χ0v) is 10.1. The van der Waals surface area contributed by atoms with Crippen molar-refractivity contribution in [2.45, 2.75) is 0 Å². The van der Waals surface area contributed by atoms with E-state index in [1.165, 1.54) is 12.1 Å². The van der Waals surface area contributed by atoms with Gasteiger partial charge in [-0.2, -0.15) is 0 Å². The molecule has 0 saturated heterocycles. The van der Waals surface area contributed by atoms with Crippen molar-refractivity contribution in [3.8, 4) is 11.5 Å². The lowest BCUT2D eigenvalue weighted by molar-refractivity contribution is -0.384. The topological polar surface area (TPSA) is 65.3 Å². The van der Waals surface area contributed by atoms with Crippen molar-refractivity contribution in [3.05, 3.63) is 57.3 Å². The number of nitrogens with zero attached hydrogens (tertiary/aromatic N) is 2. The van der Waals surface area contributed by atoms with Gasteiger partial charge < -0.3 is 4.74 Å². The number of hydrogen-bond donors (Lipinski definition) is 0. The van der Waals surface area contributed by atoms with Gasteiger partial charge in [-0.05, 0) is 22.0 Å². The van der Waals surface area contributed by atoms with Gasteiger partial charge in [0.2, 0.25) is 0 Å². The fraction of sp³-hybridized carbons (Fsp3) is 0. The Kier molecular flexibility index (Phi) is 3.34. The van der Waals surface area contributed by atoms with Crippen LogP contribution in [0.5, 0.6) is 11.5 Å². The van der Waals surface area contributed by atoms with Gasteiger partial charge in [-0.15, -0.1) is 0 Å². The van der Waals surface area contributed by atoms with Gasteiger partial charge in [-0.25, -0.2) is 0 Å². The van der Waals surface area contributed by atoms with Gasteiger partial charge in [0, 0.05) is 24.5 Å². The molecule has 5 nitrogen and oxygen atoms in total. The van der Waals surface area contributed by atoms with Gasteiger partial charge in [-0.1, -0.05) is 6.07 Å². The molecule has 1 aromatic carbocycles. The molecule has 0 fully saturated rings. The van der Waals surface area contributed by atoms with Crippen LogP contribution in [0.2, 0.25) is 0 Å². The van der Waals surface area contributed by atoms with Gasteiger partial charge in [0.25, 0.3) is 5.69 Å². The Labute approximate surface area is 105 Å². The van der Waals surface area contributed by atoms with E-state index < -0.39 is 4.92 Å². The van der Waals surface area contributed by atoms with Crippen LogP contribution >= 0.6 is 15.9 Å².